The molecule has 0 fully saturated rings. The molecule has 0 radical (unpaired) electrons. The van der Waals surface area contributed by atoms with Gasteiger partial charge in [-0.15, -0.1) is 0 Å². The van der Waals surface area contributed by atoms with Crippen molar-refractivity contribution in [3.8, 4) is 5.75 Å². The van der Waals surface area contributed by atoms with Gasteiger partial charge in [-0.3, -0.25) is 4.79 Å². The number of ether oxygens (including phenoxy) is 1. The van der Waals surface area contributed by atoms with Gasteiger partial charge >= 0.3 is 0 Å². The number of anilines is 2. The zero-order valence-corrected chi connectivity index (χ0v) is 12.8. The zero-order valence-electron chi connectivity index (χ0n) is 11.2. The minimum Gasteiger partial charge on any atom is -0.495 e. The van der Waals surface area contributed by atoms with Crippen LogP contribution in [0.3, 0.4) is 0 Å². The van der Waals surface area contributed by atoms with E-state index in [9.17, 15) is 4.79 Å². The Morgan fingerprint density at radius 2 is 2.00 bits per heavy atom. The SMILES string of the molecule is COc1ccc(Br)cc1NC(=O)c1cc(N)ccc1C. The Morgan fingerprint density at radius 1 is 1.25 bits per heavy atom. The van der Waals surface area contributed by atoms with Gasteiger partial charge in [0.25, 0.3) is 5.91 Å². The lowest BCUT2D eigenvalue weighted by molar-refractivity contribution is 0.102. The van der Waals surface area contributed by atoms with Gasteiger partial charge in [0.1, 0.15) is 5.75 Å². The van der Waals surface area contributed by atoms with E-state index in [0.29, 0.717) is 22.7 Å². The molecule has 4 nitrogen and oxygen atoms in total. The molecule has 0 aliphatic carbocycles. The maximum Gasteiger partial charge on any atom is 0.256 e. The average molecular weight is 335 g/mol. The van der Waals surface area contributed by atoms with Gasteiger partial charge in [0, 0.05) is 15.7 Å². The minimum absolute atomic E-state index is 0.216. The largest absolute Gasteiger partial charge is 0.495 e. The number of carbonyl (C=O) groups is 1. The Morgan fingerprint density at radius 3 is 2.70 bits per heavy atom. The number of amides is 1. The predicted octanol–water partition coefficient (Wildman–Crippen LogP) is 3.60. The molecule has 0 atom stereocenters. The van der Waals surface area contributed by atoms with E-state index >= 15 is 0 Å². The first-order valence-electron chi connectivity index (χ1n) is 6.02. The van der Waals surface area contributed by atoms with Crippen LogP contribution >= 0.6 is 15.9 Å². The molecule has 0 saturated carbocycles. The molecule has 0 aromatic heterocycles. The van der Waals surface area contributed by atoms with Gasteiger partial charge in [0.2, 0.25) is 0 Å². The molecule has 0 aliphatic heterocycles. The van der Waals surface area contributed by atoms with Crippen molar-refractivity contribution in [1.29, 1.82) is 0 Å². The number of rotatable bonds is 3. The van der Waals surface area contributed by atoms with E-state index in [-0.39, 0.29) is 5.91 Å². The molecule has 3 N–H and O–H groups in total. The fourth-order valence-corrected chi connectivity index (χ4v) is 2.21. The number of carbonyl (C=O) groups excluding carboxylic acids is 1. The fourth-order valence-electron chi connectivity index (χ4n) is 1.85. The van der Waals surface area contributed by atoms with Crippen LogP contribution in [-0.2, 0) is 0 Å². The lowest BCUT2D eigenvalue weighted by atomic mass is 10.1. The quantitative estimate of drug-likeness (QED) is 0.843. The Balaban J connectivity index is 2.32. The Bertz CT molecular complexity index is 656. The third-order valence-electron chi connectivity index (χ3n) is 2.92. The molecule has 0 spiro atoms. The molecular weight excluding hydrogens is 320 g/mol. The number of benzene rings is 2. The maximum absolute atomic E-state index is 12.3. The van der Waals surface area contributed by atoms with Crippen LogP contribution in [0.5, 0.6) is 5.75 Å². The molecule has 2 aromatic carbocycles. The van der Waals surface area contributed by atoms with Crippen LogP contribution in [-0.4, -0.2) is 13.0 Å². The summed E-state index contributed by atoms with van der Waals surface area (Å²) in [4.78, 5) is 12.3. The average Bonchev–Trinajstić information content (AvgIpc) is 2.41. The Kier molecular flexibility index (Phi) is 4.29. The molecule has 1 amide bonds. The van der Waals surface area contributed by atoms with E-state index in [2.05, 4.69) is 21.2 Å². The number of nitrogens with two attached hydrogens (primary N) is 1. The summed E-state index contributed by atoms with van der Waals surface area (Å²) in [5.74, 6) is 0.384. The van der Waals surface area contributed by atoms with Crippen LogP contribution in [0.4, 0.5) is 11.4 Å². The van der Waals surface area contributed by atoms with Crippen molar-refractivity contribution in [3.05, 3.63) is 52.0 Å². The summed E-state index contributed by atoms with van der Waals surface area (Å²) in [6, 6.07) is 10.7. The lowest BCUT2D eigenvalue weighted by Gasteiger charge is -2.12. The van der Waals surface area contributed by atoms with Crippen LogP contribution < -0.4 is 15.8 Å². The summed E-state index contributed by atoms with van der Waals surface area (Å²) >= 11 is 3.37. The highest BCUT2D eigenvalue weighted by Gasteiger charge is 2.12. The Labute approximate surface area is 126 Å². The maximum atomic E-state index is 12.3. The van der Waals surface area contributed by atoms with Crippen molar-refractivity contribution in [2.75, 3.05) is 18.2 Å². The lowest BCUT2D eigenvalue weighted by Crippen LogP contribution is -2.14. The number of halogens is 1. The van der Waals surface area contributed by atoms with Gasteiger partial charge < -0.3 is 15.8 Å². The smallest absolute Gasteiger partial charge is 0.256 e. The highest BCUT2D eigenvalue weighted by atomic mass is 79.9. The highest BCUT2D eigenvalue weighted by molar-refractivity contribution is 9.10. The first-order valence-corrected chi connectivity index (χ1v) is 6.81. The second-order valence-corrected chi connectivity index (χ2v) is 5.29. The molecule has 0 bridgehead atoms. The van der Waals surface area contributed by atoms with Crippen LogP contribution in [0.2, 0.25) is 0 Å². The molecule has 0 heterocycles. The molecular formula is C15H15BrN2O2. The molecule has 5 heteroatoms. The van der Waals surface area contributed by atoms with Crippen molar-refractivity contribution in [3.63, 3.8) is 0 Å². The van der Waals surface area contributed by atoms with Crippen LogP contribution in [0.25, 0.3) is 0 Å². The molecule has 2 rings (SSSR count). The summed E-state index contributed by atoms with van der Waals surface area (Å²) in [5.41, 5.74) is 8.30. The van der Waals surface area contributed by atoms with E-state index in [1.807, 2.05) is 19.1 Å². The van der Waals surface area contributed by atoms with E-state index in [1.54, 1.807) is 31.4 Å². The van der Waals surface area contributed by atoms with Gasteiger partial charge in [-0.25, -0.2) is 0 Å². The number of aryl methyl sites for hydroxylation is 1. The van der Waals surface area contributed by atoms with Crippen molar-refractivity contribution in [2.45, 2.75) is 6.92 Å². The number of methoxy groups -OCH3 is 1. The van der Waals surface area contributed by atoms with Gasteiger partial charge in [-0.2, -0.15) is 0 Å². The second kappa shape index (κ2) is 5.96. The monoisotopic (exact) mass is 334 g/mol. The third-order valence-corrected chi connectivity index (χ3v) is 3.41. The standard InChI is InChI=1S/C15H15BrN2O2/c1-9-3-5-11(17)8-12(9)15(19)18-13-7-10(16)4-6-14(13)20-2/h3-8H,17H2,1-2H3,(H,18,19). The first kappa shape index (κ1) is 14.4. The number of hydrogen-bond donors (Lipinski definition) is 2. The van der Waals surface area contributed by atoms with Crippen LogP contribution in [0, 0.1) is 6.92 Å². The van der Waals surface area contributed by atoms with Gasteiger partial charge in [0.15, 0.2) is 0 Å². The van der Waals surface area contributed by atoms with E-state index in [0.717, 1.165) is 10.0 Å². The summed E-state index contributed by atoms with van der Waals surface area (Å²) < 4.78 is 6.09. The highest BCUT2D eigenvalue weighted by Crippen LogP contribution is 2.28. The summed E-state index contributed by atoms with van der Waals surface area (Å²) in [6.07, 6.45) is 0. The van der Waals surface area contributed by atoms with E-state index in [4.69, 9.17) is 10.5 Å². The number of hydrogen-bond acceptors (Lipinski definition) is 3. The van der Waals surface area contributed by atoms with E-state index in [1.165, 1.54) is 0 Å². The van der Waals surface area contributed by atoms with Crippen LogP contribution in [0.1, 0.15) is 15.9 Å². The molecule has 0 saturated heterocycles. The molecule has 20 heavy (non-hydrogen) atoms. The summed E-state index contributed by atoms with van der Waals surface area (Å²) in [7, 11) is 1.56. The minimum atomic E-state index is -0.216. The normalized spacial score (nSPS) is 10.2. The first-order chi connectivity index (χ1) is 9.51. The topological polar surface area (TPSA) is 64.3 Å². The second-order valence-electron chi connectivity index (χ2n) is 4.37. The van der Waals surface area contributed by atoms with Crippen molar-refractivity contribution < 1.29 is 9.53 Å². The van der Waals surface area contributed by atoms with Crippen molar-refractivity contribution in [1.82, 2.24) is 0 Å². The number of nitrogens with one attached hydrogen (secondary N) is 1. The van der Waals surface area contributed by atoms with Gasteiger partial charge in [-0.05, 0) is 42.8 Å². The van der Waals surface area contributed by atoms with E-state index < -0.39 is 0 Å². The van der Waals surface area contributed by atoms with Gasteiger partial charge in [-0.1, -0.05) is 22.0 Å². The summed E-state index contributed by atoms with van der Waals surface area (Å²) in [5, 5.41) is 2.84. The van der Waals surface area contributed by atoms with Crippen molar-refractivity contribution in [2.24, 2.45) is 0 Å². The predicted molar refractivity (Wildman–Crippen MR) is 84.2 cm³/mol. The molecule has 0 aliphatic rings. The molecule has 2 aromatic rings. The fraction of sp³-hybridized carbons (Fsp3) is 0.133. The van der Waals surface area contributed by atoms with Gasteiger partial charge in [0.05, 0.1) is 12.8 Å². The zero-order chi connectivity index (χ0) is 14.7. The number of nitrogen functional groups attached to an aromatic ring is 1. The Hall–Kier alpha value is -2.01. The third kappa shape index (κ3) is 3.11. The molecule has 0 unspecified atom stereocenters. The molecule has 104 valence electrons. The summed E-state index contributed by atoms with van der Waals surface area (Å²) in [6.45, 7) is 1.87. The van der Waals surface area contributed by atoms with Crippen LogP contribution in [0.15, 0.2) is 40.9 Å². The van der Waals surface area contributed by atoms with Crippen molar-refractivity contribution >= 4 is 33.2 Å².